The Bertz CT molecular complexity index is 689. The Kier molecular flexibility index (Phi) is 5.04. The van der Waals surface area contributed by atoms with Gasteiger partial charge in [-0.3, -0.25) is 0 Å². The van der Waals surface area contributed by atoms with Crippen LogP contribution in [0.1, 0.15) is 32.6 Å². The summed E-state index contributed by atoms with van der Waals surface area (Å²) in [5.74, 6) is 3.04. The van der Waals surface area contributed by atoms with Crippen molar-refractivity contribution in [1.82, 2.24) is 15.0 Å². The zero-order chi connectivity index (χ0) is 17.8. The zero-order valence-corrected chi connectivity index (χ0v) is 15.3. The summed E-state index contributed by atoms with van der Waals surface area (Å²) in [4.78, 5) is 18.6. The Labute approximate surface area is 154 Å². The van der Waals surface area contributed by atoms with E-state index in [-0.39, 0.29) is 0 Å². The summed E-state index contributed by atoms with van der Waals surface area (Å²) in [6.07, 6.45) is 4.80. The summed E-state index contributed by atoms with van der Waals surface area (Å²) < 4.78 is 5.50. The van der Waals surface area contributed by atoms with Crippen LogP contribution in [0, 0.1) is 0 Å². The lowest BCUT2D eigenvalue weighted by molar-refractivity contribution is 0.340. The Morgan fingerprint density at radius 2 is 1.38 bits per heavy atom. The molecule has 1 aromatic carbocycles. The largest absolute Gasteiger partial charge is 0.494 e. The minimum atomic E-state index is 0.605. The molecular weight excluding hydrogens is 328 g/mol. The van der Waals surface area contributed by atoms with E-state index < -0.39 is 0 Å². The van der Waals surface area contributed by atoms with Crippen LogP contribution in [0.15, 0.2) is 24.3 Å². The average molecular weight is 354 g/mol. The first-order valence-corrected chi connectivity index (χ1v) is 9.58. The molecule has 0 atom stereocenters. The van der Waals surface area contributed by atoms with E-state index in [1.807, 2.05) is 31.2 Å². The molecule has 0 saturated carbocycles. The molecule has 7 heteroatoms. The molecule has 4 rings (SSSR count). The molecule has 2 saturated heterocycles. The minimum absolute atomic E-state index is 0.605. The molecule has 2 aliphatic heterocycles. The molecule has 138 valence electrons. The molecule has 0 bridgehead atoms. The maximum Gasteiger partial charge on any atom is 0.233 e. The number of aromatic nitrogens is 3. The molecule has 2 fully saturated rings. The fourth-order valence-electron chi connectivity index (χ4n) is 3.46. The molecule has 26 heavy (non-hydrogen) atoms. The normalized spacial score (nSPS) is 17.0. The number of anilines is 4. The van der Waals surface area contributed by atoms with Gasteiger partial charge in [0.25, 0.3) is 0 Å². The molecule has 0 spiro atoms. The van der Waals surface area contributed by atoms with Crippen LogP contribution >= 0.6 is 0 Å². The lowest BCUT2D eigenvalue weighted by Crippen LogP contribution is -2.25. The van der Waals surface area contributed by atoms with E-state index in [1.54, 1.807) is 0 Å². The van der Waals surface area contributed by atoms with Crippen molar-refractivity contribution >= 4 is 23.5 Å². The monoisotopic (exact) mass is 354 g/mol. The van der Waals surface area contributed by atoms with E-state index in [9.17, 15) is 0 Å². The fraction of sp³-hybridized carbons (Fsp3) is 0.526. The zero-order valence-electron chi connectivity index (χ0n) is 15.3. The summed E-state index contributed by atoms with van der Waals surface area (Å²) in [7, 11) is 0. The maximum absolute atomic E-state index is 5.50. The highest BCUT2D eigenvalue weighted by molar-refractivity contribution is 5.57. The average Bonchev–Trinajstić information content (AvgIpc) is 3.37. The standard InChI is InChI=1S/C19H26N6O/c1-2-26-16-9-7-15(8-10-16)20-17-21-18(24-11-3-4-12-24)23-19(22-17)25-13-5-6-14-25/h7-10H,2-6,11-14H2,1H3,(H,20,21,22,23). The number of hydrogen-bond acceptors (Lipinski definition) is 7. The van der Waals surface area contributed by atoms with Crippen molar-refractivity contribution < 1.29 is 4.74 Å². The number of nitrogens with zero attached hydrogens (tertiary/aromatic N) is 5. The first kappa shape index (κ1) is 16.9. The number of hydrogen-bond donors (Lipinski definition) is 1. The van der Waals surface area contributed by atoms with Crippen molar-refractivity contribution in [2.45, 2.75) is 32.6 Å². The van der Waals surface area contributed by atoms with Crippen molar-refractivity contribution in [2.24, 2.45) is 0 Å². The number of rotatable bonds is 6. The van der Waals surface area contributed by atoms with Gasteiger partial charge >= 0.3 is 0 Å². The van der Waals surface area contributed by atoms with Crippen LogP contribution in [0.2, 0.25) is 0 Å². The van der Waals surface area contributed by atoms with Crippen LogP contribution in [-0.4, -0.2) is 47.7 Å². The van der Waals surface area contributed by atoms with Crippen molar-refractivity contribution in [1.29, 1.82) is 0 Å². The quantitative estimate of drug-likeness (QED) is 0.854. The van der Waals surface area contributed by atoms with Gasteiger partial charge in [0.05, 0.1) is 6.61 Å². The van der Waals surface area contributed by atoms with Gasteiger partial charge in [0.2, 0.25) is 17.8 Å². The third-order valence-electron chi connectivity index (χ3n) is 4.81. The Balaban J connectivity index is 1.58. The summed E-state index contributed by atoms with van der Waals surface area (Å²) in [5, 5.41) is 3.33. The van der Waals surface area contributed by atoms with Crippen molar-refractivity contribution in [3.63, 3.8) is 0 Å². The molecule has 0 unspecified atom stereocenters. The summed E-state index contributed by atoms with van der Waals surface area (Å²) >= 11 is 0. The number of ether oxygens (including phenoxy) is 1. The molecule has 2 aromatic rings. The third-order valence-corrected chi connectivity index (χ3v) is 4.81. The van der Waals surface area contributed by atoms with Crippen molar-refractivity contribution in [3.05, 3.63) is 24.3 Å². The van der Waals surface area contributed by atoms with Crippen molar-refractivity contribution in [2.75, 3.05) is 47.9 Å². The number of benzene rings is 1. The van der Waals surface area contributed by atoms with E-state index in [2.05, 4.69) is 25.1 Å². The van der Waals surface area contributed by atoms with Crippen molar-refractivity contribution in [3.8, 4) is 5.75 Å². The molecular formula is C19H26N6O. The molecule has 1 aromatic heterocycles. The second-order valence-corrected chi connectivity index (χ2v) is 6.73. The van der Waals surface area contributed by atoms with E-state index in [0.29, 0.717) is 12.6 Å². The van der Waals surface area contributed by atoms with E-state index in [0.717, 1.165) is 49.5 Å². The van der Waals surface area contributed by atoms with Crippen LogP contribution < -0.4 is 19.9 Å². The molecule has 3 heterocycles. The van der Waals surface area contributed by atoms with Crippen LogP contribution in [0.5, 0.6) is 5.75 Å². The van der Waals surface area contributed by atoms with Gasteiger partial charge in [-0.15, -0.1) is 0 Å². The maximum atomic E-state index is 5.50. The molecule has 7 nitrogen and oxygen atoms in total. The molecule has 0 aliphatic carbocycles. The fourth-order valence-corrected chi connectivity index (χ4v) is 3.46. The molecule has 1 N–H and O–H groups in total. The first-order valence-electron chi connectivity index (χ1n) is 9.58. The van der Waals surface area contributed by atoms with E-state index in [1.165, 1.54) is 25.7 Å². The van der Waals surface area contributed by atoms with Crippen LogP contribution in [0.25, 0.3) is 0 Å². The summed E-state index contributed by atoms with van der Waals surface area (Å²) in [6, 6.07) is 7.88. The minimum Gasteiger partial charge on any atom is -0.494 e. The Morgan fingerprint density at radius 1 is 0.846 bits per heavy atom. The van der Waals surface area contributed by atoms with Gasteiger partial charge < -0.3 is 19.9 Å². The highest BCUT2D eigenvalue weighted by atomic mass is 16.5. The smallest absolute Gasteiger partial charge is 0.233 e. The molecule has 0 amide bonds. The SMILES string of the molecule is CCOc1ccc(Nc2nc(N3CCCC3)nc(N3CCCC3)n2)cc1. The molecule has 0 radical (unpaired) electrons. The van der Waals surface area contributed by atoms with E-state index in [4.69, 9.17) is 9.72 Å². The van der Waals surface area contributed by atoms with E-state index >= 15 is 0 Å². The summed E-state index contributed by atoms with van der Waals surface area (Å²) in [6.45, 7) is 6.73. The highest BCUT2D eigenvalue weighted by Gasteiger charge is 2.21. The Morgan fingerprint density at radius 3 is 1.88 bits per heavy atom. The summed E-state index contributed by atoms with van der Waals surface area (Å²) in [5.41, 5.74) is 0.944. The predicted molar refractivity (Wildman–Crippen MR) is 104 cm³/mol. The van der Waals surface area contributed by atoms with Crippen LogP contribution in [-0.2, 0) is 0 Å². The second kappa shape index (κ2) is 7.76. The lowest BCUT2D eigenvalue weighted by atomic mass is 10.3. The van der Waals surface area contributed by atoms with Gasteiger partial charge in [0.15, 0.2) is 0 Å². The third kappa shape index (κ3) is 3.81. The number of nitrogens with one attached hydrogen (secondary N) is 1. The van der Waals surface area contributed by atoms with Gasteiger partial charge in [-0.05, 0) is 56.9 Å². The van der Waals surface area contributed by atoms with Gasteiger partial charge in [-0.25, -0.2) is 0 Å². The highest BCUT2D eigenvalue weighted by Crippen LogP contribution is 2.25. The lowest BCUT2D eigenvalue weighted by Gasteiger charge is -2.20. The van der Waals surface area contributed by atoms with Crippen LogP contribution in [0.4, 0.5) is 23.5 Å². The van der Waals surface area contributed by atoms with Gasteiger partial charge in [-0.1, -0.05) is 0 Å². The molecule has 2 aliphatic rings. The van der Waals surface area contributed by atoms with Gasteiger partial charge in [0, 0.05) is 31.9 Å². The topological polar surface area (TPSA) is 66.4 Å². The Hall–Kier alpha value is -2.57. The second-order valence-electron chi connectivity index (χ2n) is 6.73. The van der Waals surface area contributed by atoms with Gasteiger partial charge in [-0.2, -0.15) is 15.0 Å². The van der Waals surface area contributed by atoms with Gasteiger partial charge in [0.1, 0.15) is 5.75 Å². The first-order chi connectivity index (χ1) is 12.8. The predicted octanol–water partition coefficient (Wildman–Crippen LogP) is 3.21. The van der Waals surface area contributed by atoms with Crippen LogP contribution in [0.3, 0.4) is 0 Å².